The fourth-order valence-corrected chi connectivity index (χ4v) is 4.80. The monoisotopic (exact) mass is 560 g/mol. The third-order valence-electron chi connectivity index (χ3n) is 6.57. The molecule has 0 spiro atoms. The number of hydrogen-bond acceptors (Lipinski definition) is 10. The highest BCUT2D eigenvalue weighted by Crippen LogP contribution is 2.31. The van der Waals surface area contributed by atoms with E-state index in [2.05, 4.69) is 30.4 Å². The van der Waals surface area contributed by atoms with Crippen molar-refractivity contribution in [3.63, 3.8) is 0 Å². The largest absolute Gasteiger partial charge is 0.380 e. The molecule has 1 aromatic carbocycles. The number of imidazole rings is 1. The van der Waals surface area contributed by atoms with Gasteiger partial charge in [0.25, 0.3) is 5.56 Å². The van der Waals surface area contributed by atoms with E-state index in [1.807, 2.05) is 37.3 Å². The highest BCUT2D eigenvalue weighted by atomic mass is 35.5. The van der Waals surface area contributed by atoms with Crippen LogP contribution in [0.2, 0.25) is 5.15 Å². The standard InChI is InChI=1S/C26H29ClN12O/c1-5-39(30)36-23(28)21-18(6-7-19(27)35-21)34-14(3)16-8-13(2)9-17-22(16)38-12-33-20(24(38)37(4)25(17)40)15-10-31-26(29)32-11-15/h6-12,14,34H,5,30H2,1-4H3,(H2,28,36)(H2,29,31,32). The molecule has 0 radical (unpaired) electrons. The molecule has 13 nitrogen and oxygen atoms in total. The number of nitrogens with zero attached hydrogens (tertiary/aromatic N) is 8. The van der Waals surface area contributed by atoms with Gasteiger partial charge in [-0.05, 0) is 50.1 Å². The quantitative estimate of drug-likeness (QED) is 0.0758. The highest BCUT2D eigenvalue weighted by molar-refractivity contribution is 6.29. The van der Waals surface area contributed by atoms with Crippen LogP contribution in [0.15, 0.2) is 52.9 Å². The van der Waals surface area contributed by atoms with Gasteiger partial charge in [-0.15, -0.1) is 5.10 Å². The van der Waals surface area contributed by atoms with Crippen LogP contribution in [0.3, 0.4) is 0 Å². The summed E-state index contributed by atoms with van der Waals surface area (Å²) in [7, 11) is 1.72. The first-order valence-electron chi connectivity index (χ1n) is 12.5. The number of aromatic nitrogens is 6. The Morgan fingerprint density at radius 1 is 1.23 bits per heavy atom. The molecule has 1 unspecified atom stereocenters. The van der Waals surface area contributed by atoms with Crippen LogP contribution >= 0.6 is 11.6 Å². The van der Waals surface area contributed by atoms with Crippen LogP contribution in [0.1, 0.15) is 36.7 Å². The SMILES string of the molecule is CCN(N)/N=C(\N)c1nc(Cl)ccc1NC(C)c1cc(C)cc2c(=O)n(C)c3c(-c4cnc(N)nc4)ncn3c12. The summed E-state index contributed by atoms with van der Waals surface area (Å²) in [5, 5.41) is 9.68. The lowest BCUT2D eigenvalue weighted by Crippen LogP contribution is -2.30. The number of anilines is 2. The highest BCUT2D eigenvalue weighted by Gasteiger charge is 2.22. The van der Waals surface area contributed by atoms with Crippen LogP contribution in [-0.2, 0) is 7.05 Å². The number of halogens is 1. The Bertz CT molecular complexity index is 1830. The van der Waals surface area contributed by atoms with Crippen molar-refractivity contribution >= 4 is 45.6 Å². The van der Waals surface area contributed by atoms with Crippen molar-refractivity contribution in [2.24, 2.45) is 23.7 Å². The molecule has 206 valence electrons. The molecule has 0 aliphatic rings. The van der Waals surface area contributed by atoms with E-state index in [1.54, 1.807) is 42.5 Å². The molecule has 40 heavy (non-hydrogen) atoms. The zero-order valence-corrected chi connectivity index (χ0v) is 23.2. The van der Waals surface area contributed by atoms with Crippen LogP contribution < -0.4 is 28.2 Å². The molecule has 1 atom stereocenters. The average molecular weight is 561 g/mol. The lowest BCUT2D eigenvalue weighted by molar-refractivity contribution is 0.316. The summed E-state index contributed by atoms with van der Waals surface area (Å²) in [6.07, 6.45) is 4.86. The second-order valence-electron chi connectivity index (χ2n) is 9.37. The third kappa shape index (κ3) is 4.76. The number of nitrogen functional groups attached to an aromatic ring is 1. The number of nitrogens with one attached hydrogen (secondary N) is 1. The van der Waals surface area contributed by atoms with Crippen molar-refractivity contribution in [2.45, 2.75) is 26.8 Å². The Labute approximate surface area is 234 Å². The van der Waals surface area contributed by atoms with E-state index in [4.69, 9.17) is 28.9 Å². The number of pyridine rings is 1. The van der Waals surface area contributed by atoms with Crippen molar-refractivity contribution in [2.75, 3.05) is 17.6 Å². The molecule has 0 amide bonds. The predicted octanol–water partition coefficient (Wildman–Crippen LogP) is 2.57. The lowest BCUT2D eigenvalue weighted by Gasteiger charge is -2.21. The smallest absolute Gasteiger partial charge is 0.261 e. The van der Waals surface area contributed by atoms with Crippen LogP contribution in [0.25, 0.3) is 27.8 Å². The minimum atomic E-state index is -0.307. The minimum absolute atomic E-state index is 0.108. The van der Waals surface area contributed by atoms with Crippen LogP contribution in [0.5, 0.6) is 0 Å². The molecule has 14 heteroatoms. The summed E-state index contributed by atoms with van der Waals surface area (Å²) < 4.78 is 3.48. The summed E-state index contributed by atoms with van der Waals surface area (Å²) in [5.41, 5.74) is 17.0. The molecule has 4 aromatic heterocycles. The maximum Gasteiger partial charge on any atom is 0.261 e. The van der Waals surface area contributed by atoms with E-state index in [-0.39, 0.29) is 28.5 Å². The number of hydrogen-bond donors (Lipinski definition) is 4. The molecule has 0 aliphatic heterocycles. The number of amidine groups is 1. The molecule has 0 saturated carbocycles. The number of hydrazone groups is 1. The molecule has 0 aliphatic carbocycles. The van der Waals surface area contributed by atoms with E-state index in [1.165, 1.54) is 5.12 Å². The summed E-state index contributed by atoms with van der Waals surface area (Å²) in [5.74, 6) is 6.09. The van der Waals surface area contributed by atoms with Gasteiger partial charge in [-0.2, -0.15) is 0 Å². The van der Waals surface area contributed by atoms with Crippen molar-refractivity contribution in [3.8, 4) is 11.3 Å². The Balaban J connectivity index is 1.69. The van der Waals surface area contributed by atoms with Crippen molar-refractivity contribution < 1.29 is 0 Å². The first-order chi connectivity index (χ1) is 19.1. The molecular weight excluding hydrogens is 532 g/mol. The van der Waals surface area contributed by atoms with Gasteiger partial charge in [-0.1, -0.05) is 17.7 Å². The first-order valence-corrected chi connectivity index (χ1v) is 12.8. The zero-order valence-electron chi connectivity index (χ0n) is 22.4. The Morgan fingerprint density at radius 2 is 1.95 bits per heavy atom. The van der Waals surface area contributed by atoms with E-state index < -0.39 is 0 Å². The number of fused-ring (bicyclic) bond motifs is 3. The molecule has 5 aromatic rings. The zero-order chi connectivity index (χ0) is 28.7. The topological polar surface area (TPSA) is 184 Å². The van der Waals surface area contributed by atoms with Gasteiger partial charge in [-0.3, -0.25) is 13.8 Å². The summed E-state index contributed by atoms with van der Waals surface area (Å²) >= 11 is 6.19. The van der Waals surface area contributed by atoms with Gasteiger partial charge < -0.3 is 16.8 Å². The number of rotatable bonds is 7. The third-order valence-corrected chi connectivity index (χ3v) is 6.78. The van der Waals surface area contributed by atoms with Gasteiger partial charge in [0.15, 0.2) is 5.84 Å². The predicted molar refractivity (Wildman–Crippen MR) is 157 cm³/mol. The number of benzene rings is 1. The molecule has 4 heterocycles. The van der Waals surface area contributed by atoms with Gasteiger partial charge in [0, 0.05) is 25.0 Å². The van der Waals surface area contributed by atoms with Gasteiger partial charge in [0.2, 0.25) is 5.95 Å². The van der Waals surface area contributed by atoms with Crippen molar-refractivity contribution in [1.82, 2.24) is 34.0 Å². The summed E-state index contributed by atoms with van der Waals surface area (Å²) in [6, 6.07) is 7.04. The number of aryl methyl sites for hydroxylation is 2. The van der Waals surface area contributed by atoms with Gasteiger partial charge >= 0.3 is 0 Å². The summed E-state index contributed by atoms with van der Waals surface area (Å²) in [4.78, 5) is 30.8. The molecule has 0 bridgehead atoms. The van der Waals surface area contributed by atoms with Crippen molar-refractivity contribution in [1.29, 1.82) is 0 Å². The van der Waals surface area contributed by atoms with Gasteiger partial charge in [-0.25, -0.2) is 30.9 Å². The summed E-state index contributed by atoms with van der Waals surface area (Å²) in [6.45, 7) is 6.23. The second-order valence-corrected chi connectivity index (χ2v) is 9.76. The molecule has 0 saturated heterocycles. The first kappa shape index (κ1) is 26.8. The van der Waals surface area contributed by atoms with E-state index in [0.717, 1.165) is 11.1 Å². The normalized spacial score (nSPS) is 12.7. The van der Waals surface area contributed by atoms with Crippen molar-refractivity contribution in [3.05, 3.63) is 75.3 Å². The van der Waals surface area contributed by atoms with E-state index in [0.29, 0.717) is 45.7 Å². The fourth-order valence-electron chi connectivity index (χ4n) is 4.65. The Morgan fingerprint density at radius 3 is 2.65 bits per heavy atom. The van der Waals surface area contributed by atoms with Gasteiger partial charge in [0.05, 0.1) is 29.2 Å². The van der Waals surface area contributed by atoms with E-state index >= 15 is 0 Å². The second kappa shape index (κ2) is 10.4. The number of nitrogens with two attached hydrogens (primary N) is 3. The molecule has 7 N–H and O–H groups in total. The van der Waals surface area contributed by atoms with Crippen LogP contribution in [-0.4, -0.2) is 46.4 Å². The maximum absolute atomic E-state index is 13.7. The molecule has 0 fully saturated rings. The molecule has 5 rings (SSSR count). The average Bonchev–Trinajstić information content (AvgIpc) is 3.37. The van der Waals surface area contributed by atoms with E-state index in [9.17, 15) is 4.79 Å². The lowest BCUT2D eigenvalue weighted by atomic mass is 10.0. The van der Waals surface area contributed by atoms with Crippen LogP contribution in [0, 0.1) is 6.92 Å². The minimum Gasteiger partial charge on any atom is -0.380 e. The fraction of sp³-hybridized carbons (Fsp3) is 0.231. The Hall–Kier alpha value is -4.75. The Kier molecular flexibility index (Phi) is 7.00. The maximum atomic E-state index is 13.7. The van der Waals surface area contributed by atoms with Gasteiger partial charge in [0.1, 0.15) is 28.5 Å². The molecular formula is C26H29ClN12O. The number of hydrazine groups is 1. The van der Waals surface area contributed by atoms with Crippen LogP contribution in [0.4, 0.5) is 11.6 Å².